The molecule has 0 aliphatic carbocycles. The Hall–Kier alpha value is -0.0800. The second-order valence-electron chi connectivity index (χ2n) is 1.14. The molecule has 0 heterocycles. The molecule has 0 aromatic heterocycles. The standard InChI is InChI=1S/C3H7O.CHClO/c1-3(2)4;2-1-3/h3H,1-2H3;1H. The molecule has 3 heteroatoms. The summed E-state index contributed by atoms with van der Waals surface area (Å²) in [5, 5.41) is 9.53. The second kappa shape index (κ2) is 9.33. The van der Waals surface area contributed by atoms with E-state index in [1.807, 2.05) is 0 Å². The Morgan fingerprint density at radius 2 is 1.57 bits per heavy atom. The van der Waals surface area contributed by atoms with Crippen LogP contribution in [0.2, 0.25) is 0 Å². The fraction of sp³-hybridized carbons (Fsp3) is 0.750. The highest BCUT2D eigenvalue weighted by Crippen LogP contribution is 1.67. The zero-order chi connectivity index (χ0) is 6.28. The van der Waals surface area contributed by atoms with Crippen LogP contribution in [0.1, 0.15) is 13.8 Å². The maximum Gasteiger partial charge on any atom is 0.208 e. The molecule has 0 aliphatic rings. The highest BCUT2D eigenvalue weighted by atomic mass is 35.5. The van der Waals surface area contributed by atoms with Crippen LogP contribution in [0.5, 0.6) is 0 Å². The summed E-state index contributed by atoms with van der Waals surface area (Å²) in [5.41, 5.74) is 0. The highest BCUT2D eigenvalue weighted by Gasteiger charge is 1.73. The minimum absolute atomic E-state index is 0.222. The minimum atomic E-state index is -0.417. The van der Waals surface area contributed by atoms with E-state index in [2.05, 4.69) is 11.6 Å². The van der Waals surface area contributed by atoms with Crippen molar-refractivity contribution in [2.75, 3.05) is 0 Å². The number of hydrogen-bond donors (Lipinski definition) is 0. The molecule has 0 aliphatic heterocycles. The van der Waals surface area contributed by atoms with Crippen molar-refractivity contribution in [2.24, 2.45) is 0 Å². The van der Waals surface area contributed by atoms with Crippen LogP contribution in [0, 0.1) is 0 Å². The van der Waals surface area contributed by atoms with Crippen molar-refractivity contribution in [2.45, 2.75) is 20.0 Å². The molecule has 0 aromatic carbocycles. The molecular weight excluding hydrogens is 115 g/mol. The number of carbonyl (C=O) groups excluding carboxylic acids is 1. The molecule has 0 saturated heterocycles. The van der Waals surface area contributed by atoms with Crippen molar-refractivity contribution >= 4 is 17.3 Å². The molecule has 0 aromatic rings. The van der Waals surface area contributed by atoms with Crippen LogP contribution in [0.25, 0.3) is 0 Å². The van der Waals surface area contributed by atoms with E-state index in [9.17, 15) is 5.11 Å². The second-order valence-corrected chi connectivity index (χ2v) is 1.32. The molecule has 0 atom stereocenters. The Bertz CT molecular complexity index is 33.9. The van der Waals surface area contributed by atoms with E-state index in [-0.39, 0.29) is 5.75 Å². The number of carbonyl (C=O) groups is 1. The van der Waals surface area contributed by atoms with Crippen molar-refractivity contribution in [1.82, 2.24) is 0 Å². The lowest BCUT2D eigenvalue weighted by molar-refractivity contribution is 0.122. The monoisotopic (exact) mass is 123 g/mol. The third-order valence-corrected chi connectivity index (χ3v) is 0. The zero-order valence-electron chi connectivity index (χ0n) is 4.35. The van der Waals surface area contributed by atoms with E-state index in [4.69, 9.17) is 4.79 Å². The summed E-state index contributed by atoms with van der Waals surface area (Å²) in [6.45, 7) is 3.22. The van der Waals surface area contributed by atoms with Crippen molar-refractivity contribution in [3.8, 4) is 0 Å². The third kappa shape index (κ3) is 14200. The van der Waals surface area contributed by atoms with Gasteiger partial charge < -0.3 is 0 Å². The SMILES string of the molecule is CC(C)[O].O=CCl. The van der Waals surface area contributed by atoms with Gasteiger partial charge in [0.15, 0.2) is 0 Å². The molecule has 43 valence electrons. The van der Waals surface area contributed by atoms with Crippen molar-refractivity contribution in [3.63, 3.8) is 0 Å². The van der Waals surface area contributed by atoms with Gasteiger partial charge in [0, 0.05) is 0 Å². The summed E-state index contributed by atoms with van der Waals surface area (Å²) >= 11 is 4.32. The van der Waals surface area contributed by atoms with Gasteiger partial charge in [-0.2, -0.15) is 0 Å². The first-order chi connectivity index (χ1) is 3.15. The Morgan fingerprint density at radius 1 is 1.57 bits per heavy atom. The predicted octanol–water partition coefficient (Wildman–Crippen LogP) is 1.24. The fourth-order valence-electron chi connectivity index (χ4n) is 0. The summed E-state index contributed by atoms with van der Waals surface area (Å²) in [5.74, 6) is 0.222. The minimum Gasteiger partial charge on any atom is -0.285 e. The van der Waals surface area contributed by atoms with Crippen LogP contribution in [0.4, 0.5) is 0 Å². The average molecular weight is 124 g/mol. The molecule has 0 unspecified atom stereocenters. The Labute approximate surface area is 48.1 Å². The predicted molar refractivity (Wildman–Crippen MR) is 28.4 cm³/mol. The summed E-state index contributed by atoms with van der Waals surface area (Å²) in [4.78, 5) is 8.57. The first-order valence-corrected chi connectivity index (χ1v) is 2.28. The van der Waals surface area contributed by atoms with Gasteiger partial charge in [-0.15, -0.1) is 0 Å². The molecule has 0 fully saturated rings. The van der Waals surface area contributed by atoms with E-state index in [0.717, 1.165) is 0 Å². The highest BCUT2D eigenvalue weighted by molar-refractivity contribution is 6.54. The molecule has 1 radical (unpaired) electrons. The van der Waals surface area contributed by atoms with Crippen molar-refractivity contribution in [1.29, 1.82) is 0 Å². The lowest BCUT2D eigenvalue weighted by atomic mass is 10.5. The summed E-state index contributed by atoms with van der Waals surface area (Å²) in [7, 11) is 0. The quantitative estimate of drug-likeness (QED) is 0.353. The Balaban J connectivity index is 0. The average Bonchev–Trinajstić information content (AvgIpc) is 1.33. The molecule has 0 saturated carbocycles. The number of rotatable bonds is 0. The van der Waals surface area contributed by atoms with Gasteiger partial charge in [-0.05, 0) is 25.4 Å². The molecule has 0 bridgehead atoms. The summed E-state index contributed by atoms with van der Waals surface area (Å²) in [6, 6.07) is 0. The van der Waals surface area contributed by atoms with Gasteiger partial charge in [0.05, 0.1) is 6.10 Å². The fourth-order valence-corrected chi connectivity index (χ4v) is 0. The zero-order valence-corrected chi connectivity index (χ0v) is 5.11. The molecule has 0 N–H and O–H groups in total. The van der Waals surface area contributed by atoms with Gasteiger partial charge >= 0.3 is 0 Å². The van der Waals surface area contributed by atoms with Gasteiger partial charge in [0.1, 0.15) is 0 Å². The molecule has 0 amide bonds. The van der Waals surface area contributed by atoms with Crippen LogP contribution in [0.15, 0.2) is 0 Å². The molecular formula is C4H8ClO2. The molecule has 0 spiro atoms. The number of halogens is 1. The third-order valence-electron chi connectivity index (χ3n) is 0. The van der Waals surface area contributed by atoms with Gasteiger partial charge in [-0.25, -0.2) is 5.11 Å². The van der Waals surface area contributed by atoms with Crippen molar-refractivity contribution in [3.05, 3.63) is 0 Å². The van der Waals surface area contributed by atoms with Gasteiger partial charge in [0.2, 0.25) is 5.75 Å². The molecule has 0 rings (SSSR count). The Kier molecular flexibility index (Phi) is 13.3. The van der Waals surface area contributed by atoms with Crippen LogP contribution in [0.3, 0.4) is 0 Å². The van der Waals surface area contributed by atoms with Crippen LogP contribution in [-0.2, 0) is 9.90 Å². The van der Waals surface area contributed by atoms with E-state index < -0.39 is 6.10 Å². The maximum absolute atomic E-state index is 9.53. The maximum atomic E-state index is 9.53. The number of hydrogen-bond acceptors (Lipinski definition) is 1. The van der Waals surface area contributed by atoms with E-state index in [1.54, 1.807) is 13.8 Å². The van der Waals surface area contributed by atoms with Crippen LogP contribution >= 0.6 is 11.6 Å². The summed E-state index contributed by atoms with van der Waals surface area (Å²) in [6.07, 6.45) is -0.417. The largest absolute Gasteiger partial charge is 0.285 e. The first kappa shape index (κ1) is 10.0. The van der Waals surface area contributed by atoms with E-state index >= 15 is 0 Å². The van der Waals surface area contributed by atoms with Crippen LogP contribution in [-0.4, -0.2) is 11.8 Å². The lowest BCUT2D eigenvalue weighted by Gasteiger charge is -1.74. The van der Waals surface area contributed by atoms with Gasteiger partial charge in [-0.3, -0.25) is 4.79 Å². The molecule has 2 nitrogen and oxygen atoms in total. The van der Waals surface area contributed by atoms with E-state index in [1.165, 1.54) is 0 Å². The van der Waals surface area contributed by atoms with Gasteiger partial charge in [0.25, 0.3) is 0 Å². The van der Waals surface area contributed by atoms with Crippen molar-refractivity contribution < 1.29 is 9.90 Å². The van der Waals surface area contributed by atoms with Crippen LogP contribution < -0.4 is 0 Å². The lowest BCUT2D eigenvalue weighted by Crippen LogP contribution is -1.81. The Morgan fingerprint density at radius 3 is 1.57 bits per heavy atom. The molecule has 7 heavy (non-hydrogen) atoms. The van der Waals surface area contributed by atoms with Gasteiger partial charge in [-0.1, -0.05) is 0 Å². The van der Waals surface area contributed by atoms with E-state index in [0.29, 0.717) is 0 Å². The first-order valence-electron chi connectivity index (χ1n) is 1.84. The normalized spacial score (nSPS) is 7.00. The summed E-state index contributed by atoms with van der Waals surface area (Å²) < 4.78 is 0. The topological polar surface area (TPSA) is 37.0 Å². The smallest absolute Gasteiger partial charge is 0.208 e.